The van der Waals surface area contributed by atoms with Gasteiger partial charge in [0.05, 0.1) is 17.4 Å². The second-order valence-electron chi connectivity index (χ2n) is 4.74. The molecule has 5 N–H and O–H groups in total. The fraction of sp³-hybridized carbons (Fsp3) is 0.462. The van der Waals surface area contributed by atoms with Gasteiger partial charge in [0.25, 0.3) is 0 Å². The summed E-state index contributed by atoms with van der Waals surface area (Å²) < 4.78 is 52.1. The number of benzene rings is 1. The molecule has 2 unspecified atom stereocenters. The summed E-state index contributed by atoms with van der Waals surface area (Å²) in [5, 5.41) is 21.9. The van der Waals surface area contributed by atoms with E-state index in [9.17, 15) is 32.6 Å². The molecule has 0 saturated carbocycles. The summed E-state index contributed by atoms with van der Waals surface area (Å²) in [7, 11) is 0. The molecule has 5 nitrogen and oxygen atoms in total. The van der Waals surface area contributed by atoms with E-state index in [0.717, 1.165) is 0 Å². The maximum atomic E-state index is 13.4. The van der Waals surface area contributed by atoms with Gasteiger partial charge in [-0.15, -0.1) is 0 Å². The highest BCUT2D eigenvalue weighted by Gasteiger charge is 2.37. The summed E-state index contributed by atoms with van der Waals surface area (Å²) in [5.74, 6) is -1.52. The molecule has 0 aliphatic rings. The lowest BCUT2D eigenvalue weighted by molar-refractivity contribution is -0.140. The van der Waals surface area contributed by atoms with Crippen LogP contribution < -0.4 is 11.1 Å². The van der Waals surface area contributed by atoms with Crippen LogP contribution in [0.4, 0.5) is 23.2 Å². The first-order valence-corrected chi connectivity index (χ1v) is 6.30. The molecule has 0 radical (unpaired) electrons. The second kappa shape index (κ2) is 6.93. The van der Waals surface area contributed by atoms with Gasteiger partial charge in [0.2, 0.25) is 5.91 Å². The molecule has 0 spiro atoms. The van der Waals surface area contributed by atoms with Gasteiger partial charge in [-0.2, -0.15) is 13.2 Å². The Bertz CT molecular complexity index is 549. The van der Waals surface area contributed by atoms with Crippen LogP contribution in [-0.4, -0.2) is 28.8 Å². The summed E-state index contributed by atoms with van der Waals surface area (Å²) in [4.78, 5) is 10.7. The van der Waals surface area contributed by atoms with Crippen LogP contribution in [0.5, 0.6) is 0 Å². The Balaban J connectivity index is 3.03. The van der Waals surface area contributed by atoms with E-state index in [1.54, 1.807) is 0 Å². The minimum Gasteiger partial charge on any atom is -0.396 e. The van der Waals surface area contributed by atoms with E-state index in [1.165, 1.54) is 6.92 Å². The summed E-state index contributed by atoms with van der Waals surface area (Å²) in [6.45, 7) is 1.17. The average molecular weight is 324 g/mol. The number of carbonyl (C=O) groups excluding carboxylic acids is 1. The molecule has 0 aliphatic carbocycles. The highest BCUT2D eigenvalue weighted by molar-refractivity contribution is 5.72. The van der Waals surface area contributed by atoms with E-state index < -0.39 is 46.9 Å². The lowest BCUT2D eigenvalue weighted by Gasteiger charge is -2.22. The average Bonchev–Trinajstić information content (AvgIpc) is 2.38. The van der Waals surface area contributed by atoms with Crippen LogP contribution in [0.3, 0.4) is 0 Å². The molecule has 0 fully saturated rings. The highest BCUT2D eigenvalue weighted by atomic mass is 19.4. The number of carbonyl (C=O) groups is 1. The molecule has 2 atom stereocenters. The Kier molecular flexibility index (Phi) is 5.72. The predicted octanol–water partition coefficient (Wildman–Crippen LogP) is 1.35. The highest BCUT2D eigenvalue weighted by Crippen LogP contribution is 2.37. The first-order chi connectivity index (χ1) is 10.0. The zero-order valence-electron chi connectivity index (χ0n) is 11.6. The number of nitrogens with one attached hydrogen (secondary N) is 1. The topological polar surface area (TPSA) is 95.6 Å². The van der Waals surface area contributed by atoms with Gasteiger partial charge < -0.3 is 21.3 Å². The number of amides is 1. The van der Waals surface area contributed by atoms with Crippen LogP contribution in [0.2, 0.25) is 0 Å². The van der Waals surface area contributed by atoms with Crippen LogP contribution in [0.1, 0.15) is 30.6 Å². The van der Waals surface area contributed by atoms with Crippen molar-refractivity contribution >= 4 is 11.6 Å². The first kappa shape index (κ1) is 18.2. The lowest BCUT2D eigenvalue weighted by Crippen LogP contribution is -2.28. The largest absolute Gasteiger partial charge is 0.416 e. The van der Waals surface area contributed by atoms with Crippen LogP contribution in [0.15, 0.2) is 12.1 Å². The summed E-state index contributed by atoms with van der Waals surface area (Å²) in [5.41, 5.74) is 2.26. The van der Waals surface area contributed by atoms with E-state index >= 15 is 0 Å². The number of rotatable bonds is 5. The molecule has 1 aromatic carbocycles. The molecule has 1 aromatic rings. The van der Waals surface area contributed by atoms with Crippen molar-refractivity contribution in [3.8, 4) is 0 Å². The fourth-order valence-electron chi connectivity index (χ4n) is 1.86. The van der Waals surface area contributed by atoms with E-state index in [1.807, 2.05) is 0 Å². The predicted molar refractivity (Wildman–Crippen MR) is 70.1 cm³/mol. The number of alkyl halides is 3. The fourth-order valence-corrected chi connectivity index (χ4v) is 1.86. The molecule has 1 amide bonds. The molecule has 0 aliphatic heterocycles. The number of anilines is 1. The number of aliphatic hydroxyl groups is 2. The molecular weight excluding hydrogens is 308 g/mol. The Hall–Kier alpha value is -1.87. The molecule has 0 heterocycles. The number of nitrogen functional groups attached to an aromatic ring is 1. The van der Waals surface area contributed by atoms with Crippen LogP contribution in [0, 0.1) is 5.82 Å². The van der Waals surface area contributed by atoms with Crippen LogP contribution in [-0.2, 0) is 11.0 Å². The smallest absolute Gasteiger partial charge is 0.396 e. The van der Waals surface area contributed by atoms with E-state index in [2.05, 4.69) is 5.32 Å². The molecule has 0 aromatic heterocycles. The van der Waals surface area contributed by atoms with Crippen LogP contribution >= 0.6 is 0 Å². The second-order valence-corrected chi connectivity index (χ2v) is 4.74. The summed E-state index contributed by atoms with van der Waals surface area (Å²) >= 11 is 0. The number of hydrogen-bond donors (Lipinski definition) is 4. The number of aliphatic hydroxyl groups excluding tert-OH is 2. The van der Waals surface area contributed by atoms with E-state index in [-0.39, 0.29) is 13.0 Å². The lowest BCUT2D eigenvalue weighted by atomic mass is 9.96. The Morgan fingerprint density at radius 2 is 1.95 bits per heavy atom. The number of hydrogen-bond acceptors (Lipinski definition) is 4. The van der Waals surface area contributed by atoms with Gasteiger partial charge in [0.1, 0.15) is 11.9 Å². The molecule has 124 valence electrons. The van der Waals surface area contributed by atoms with Crippen molar-refractivity contribution < 1.29 is 32.6 Å². The molecule has 0 bridgehead atoms. The third-order valence-corrected chi connectivity index (χ3v) is 2.97. The van der Waals surface area contributed by atoms with Crippen molar-refractivity contribution in [1.29, 1.82) is 0 Å². The third kappa shape index (κ3) is 4.57. The normalized spacial score (nSPS) is 14.5. The van der Waals surface area contributed by atoms with Crippen molar-refractivity contribution in [3.63, 3.8) is 0 Å². The summed E-state index contributed by atoms with van der Waals surface area (Å²) in [6.07, 6.45) is -8.66. The molecule has 0 saturated heterocycles. The van der Waals surface area contributed by atoms with Gasteiger partial charge in [0, 0.05) is 13.5 Å². The van der Waals surface area contributed by atoms with Crippen molar-refractivity contribution in [2.45, 2.75) is 31.7 Å². The Morgan fingerprint density at radius 1 is 1.36 bits per heavy atom. The SMILES string of the molecule is CC(=O)NCCC(O)C(O)c1cc(F)c(N)cc1C(F)(F)F. The van der Waals surface area contributed by atoms with Gasteiger partial charge in [-0.25, -0.2) is 4.39 Å². The van der Waals surface area contributed by atoms with E-state index in [4.69, 9.17) is 5.73 Å². The minimum atomic E-state index is -4.87. The van der Waals surface area contributed by atoms with Gasteiger partial charge in [-0.1, -0.05) is 0 Å². The molecular formula is C13H16F4N2O3. The summed E-state index contributed by atoms with van der Waals surface area (Å²) in [6, 6.07) is 0.818. The van der Waals surface area contributed by atoms with Gasteiger partial charge >= 0.3 is 6.18 Å². The maximum Gasteiger partial charge on any atom is 0.416 e. The molecule has 9 heteroatoms. The zero-order valence-corrected chi connectivity index (χ0v) is 11.6. The van der Waals surface area contributed by atoms with E-state index in [0.29, 0.717) is 12.1 Å². The van der Waals surface area contributed by atoms with Crippen LogP contribution in [0.25, 0.3) is 0 Å². The van der Waals surface area contributed by atoms with Gasteiger partial charge in [-0.3, -0.25) is 4.79 Å². The van der Waals surface area contributed by atoms with Crippen molar-refractivity contribution in [2.75, 3.05) is 12.3 Å². The molecule has 1 rings (SSSR count). The standard InChI is InChI=1S/C13H16F4N2O3/c1-6(20)19-3-2-11(21)12(22)7-4-9(14)10(18)5-8(7)13(15,16)17/h4-5,11-12,21-22H,2-3,18H2,1H3,(H,19,20). The number of nitrogens with two attached hydrogens (primary N) is 1. The van der Waals surface area contributed by atoms with Crippen molar-refractivity contribution in [2.24, 2.45) is 0 Å². The van der Waals surface area contributed by atoms with Gasteiger partial charge in [0.15, 0.2) is 0 Å². The Labute approximate surface area is 123 Å². The van der Waals surface area contributed by atoms with Gasteiger partial charge in [-0.05, 0) is 24.1 Å². The Morgan fingerprint density at radius 3 is 2.45 bits per heavy atom. The minimum absolute atomic E-state index is 0.0492. The zero-order chi connectivity index (χ0) is 17.1. The maximum absolute atomic E-state index is 13.4. The number of halogens is 4. The molecule has 22 heavy (non-hydrogen) atoms. The van der Waals surface area contributed by atoms with Crippen molar-refractivity contribution in [1.82, 2.24) is 5.32 Å². The monoisotopic (exact) mass is 324 g/mol. The van der Waals surface area contributed by atoms with Crippen molar-refractivity contribution in [3.05, 3.63) is 29.1 Å². The third-order valence-electron chi connectivity index (χ3n) is 2.97. The quantitative estimate of drug-likeness (QED) is 0.486. The first-order valence-electron chi connectivity index (χ1n) is 6.30.